The Hall–Kier alpha value is -3.59. The Morgan fingerprint density at radius 1 is 1.27 bits per heavy atom. The van der Waals surface area contributed by atoms with E-state index in [0.717, 1.165) is 41.9 Å². The van der Waals surface area contributed by atoms with E-state index >= 15 is 0 Å². The molecule has 9 heteroatoms. The zero-order valence-corrected chi connectivity index (χ0v) is 18.4. The highest BCUT2D eigenvalue weighted by atomic mass is 16.5. The second-order valence-electron chi connectivity index (χ2n) is 8.63. The van der Waals surface area contributed by atoms with Crippen LogP contribution in [0.25, 0.3) is 28.1 Å². The van der Waals surface area contributed by atoms with E-state index in [1.54, 1.807) is 16.8 Å². The van der Waals surface area contributed by atoms with Crippen LogP contribution in [0.3, 0.4) is 0 Å². The van der Waals surface area contributed by atoms with E-state index in [0.29, 0.717) is 36.9 Å². The van der Waals surface area contributed by atoms with Crippen molar-refractivity contribution in [3.63, 3.8) is 0 Å². The lowest BCUT2D eigenvalue weighted by Crippen LogP contribution is -2.41. The zero-order chi connectivity index (χ0) is 22.4. The molecule has 9 nitrogen and oxygen atoms in total. The van der Waals surface area contributed by atoms with Gasteiger partial charge in [0.05, 0.1) is 24.9 Å². The van der Waals surface area contributed by atoms with E-state index < -0.39 is 0 Å². The number of rotatable bonds is 5. The summed E-state index contributed by atoms with van der Waals surface area (Å²) in [5, 5.41) is 8.58. The van der Waals surface area contributed by atoms with Gasteiger partial charge >= 0.3 is 0 Å². The number of nitrogens with zero attached hydrogens (tertiary/aromatic N) is 4. The van der Waals surface area contributed by atoms with Crippen molar-refractivity contribution in [2.75, 3.05) is 31.2 Å². The SMILES string of the molecule is C[C@H]1CN(c2cccc3oc(-c4cnc5ccc(OC[C@@H]6CCC(=O)N6)nn45)cc23)CCO1. The molecule has 0 spiro atoms. The van der Waals surface area contributed by atoms with Crippen LogP contribution in [-0.4, -0.2) is 59.0 Å². The Kier molecular flexibility index (Phi) is 4.91. The molecule has 0 unspecified atom stereocenters. The van der Waals surface area contributed by atoms with Crippen molar-refractivity contribution in [1.82, 2.24) is 19.9 Å². The minimum atomic E-state index is 0.0222. The number of furan rings is 1. The minimum Gasteiger partial charge on any atom is -0.474 e. The maximum atomic E-state index is 11.4. The van der Waals surface area contributed by atoms with Crippen LogP contribution in [0.5, 0.6) is 5.88 Å². The number of hydrogen-bond donors (Lipinski definition) is 1. The lowest BCUT2D eigenvalue weighted by atomic mass is 10.1. The van der Waals surface area contributed by atoms with Gasteiger partial charge in [-0.1, -0.05) is 6.07 Å². The van der Waals surface area contributed by atoms with E-state index in [-0.39, 0.29) is 18.1 Å². The monoisotopic (exact) mass is 447 g/mol. The summed E-state index contributed by atoms with van der Waals surface area (Å²) < 4.78 is 19.5. The lowest BCUT2D eigenvalue weighted by molar-refractivity contribution is -0.119. The second-order valence-corrected chi connectivity index (χ2v) is 8.63. The number of fused-ring (bicyclic) bond motifs is 2. The largest absolute Gasteiger partial charge is 0.474 e. The standard InChI is InChI=1S/C24H25N5O4/c1-15-13-28(9-10-31-15)18-3-2-4-20-17(18)11-21(33-20)19-12-25-22-6-8-24(27-29(19)22)32-14-16-5-7-23(30)26-16/h2-4,6,8,11-12,15-16H,5,7,9-10,13-14H2,1H3,(H,26,30)/t15-,16-/m0/s1. The van der Waals surface area contributed by atoms with E-state index in [4.69, 9.17) is 13.9 Å². The first-order valence-electron chi connectivity index (χ1n) is 11.3. The van der Waals surface area contributed by atoms with Crippen molar-refractivity contribution in [3.05, 3.63) is 42.6 Å². The summed E-state index contributed by atoms with van der Waals surface area (Å²) in [5.41, 5.74) is 3.42. The molecular weight excluding hydrogens is 422 g/mol. The summed E-state index contributed by atoms with van der Waals surface area (Å²) in [4.78, 5) is 18.2. The predicted molar refractivity (Wildman–Crippen MR) is 122 cm³/mol. The van der Waals surface area contributed by atoms with Crippen LogP contribution in [0.15, 0.2) is 47.0 Å². The first-order valence-corrected chi connectivity index (χ1v) is 11.3. The molecule has 1 aromatic carbocycles. The highest BCUT2D eigenvalue weighted by Gasteiger charge is 2.23. The fraction of sp³-hybridized carbons (Fsp3) is 0.375. The normalized spacial score (nSPS) is 21.1. The summed E-state index contributed by atoms with van der Waals surface area (Å²) >= 11 is 0. The van der Waals surface area contributed by atoms with Crippen molar-refractivity contribution in [2.45, 2.75) is 31.9 Å². The van der Waals surface area contributed by atoms with E-state index in [1.165, 1.54) is 0 Å². The van der Waals surface area contributed by atoms with Crippen LogP contribution in [0, 0.1) is 0 Å². The Balaban J connectivity index is 1.31. The van der Waals surface area contributed by atoms with Crippen molar-refractivity contribution < 1.29 is 18.7 Å². The van der Waals surface area contributed by atoms with Gasteiger partial charge in [0.25, 0.3) is 0 Å². The van der Waals surface area contributed by atoms with Crippen LogP contribution >= 0.6 is 0 Å². The van der Waals surface area contributed by atoms with Crippen LogP contribution in [0.2, 0.25) is 0 Å². The van der Waals surface area contributed by atoms with Crippen molar-refractivity contribution in [1.29, 1.82) is 0 Å². The molecule has 0 radical (unpaired) electrons. The molecule has 0 saturated carbocycles. The summed E-state index contributed by atoms with van der Waals surface area (Å²) in [6.07, 6.45) is 3.28. The van der Waals surface area contributed by atoms with E-state index in [1.807, 2.05) is 18.2 Å². The summed E-state index contributed by atoms with van der Waals surface area (Å²) in [6, 6.07) is 11.9. The molecule has 5 heterocycles. The maximum Gasteiger partial charge on any atom is 0.231 e. The van der Waals surface area contributed by atoms with Crippen LogP contribution in [0.4, 0.5) is 5.69 Å². The van der Waals surface area contributed by atoms with Gasteiger partial charge in [-0.3, -0.25) is 4.79 Å². The Morgan fingerprint density at radius 2 is 2.21 bits per heavy atom. The average Bonchev–Trinajstić information content (AvgIpc) is 3.54. The van der Waals surface area contributed by atoms with Crippen molar-refractivity contribution >= 4 is 28.2 Å². The molecule has 1 N–H and O–H groups in total. The Labute approximate surface area is 190 Å². The number of nitrogens with one attached hydrogen (secondary N) is 1. The zero-order valence-electron chi connectivity index (χ0n) is 18.4. The van der Waals surface area contributed by atoms with Gasteiger partial charge in [-0.15, -0.1) is 5.10 Å². The highest BCUT2D eigenvalue weighted by Crippen LogP contribution is 2.35. The van der Waals surface area contributed by atoms with Gasteiger partial charge in [0.15, 0.2) is 11.4 Å². The molecule has 3 aromatic heterocycles. The topological polar surface area (TPSA) is 94.1 Å². The van der Waals surface area contributed by atoms with E-state index in [2.05, 4.69) is 39.4 Å². The fourth-order valence-corrected chi connectivity index (χ4v) is 4.57. The molecule has 170 valence electrons. The number of anilines is 1. The van der Waals surface area contributed by atoms with Crippen LogP contribution in [0.1, 0.15) is 19.8 Å². The van der Waals surface area contributed by atoms with Gasteiger partial charge in [0.2, 0.25) is 11.8 Å². The molecule has 2 saturated heterocycles. The number of benzene rings is 1. The summed E-state index contributed by atoms with van der Waals surface area (Å²) in [7, 11) is 0. The molecule has 1 amide bonds. The van der Waals surface area contributed by atoms with Crippen molar-refractivity contribution in [3.8, 4) is 17.3 Å². The predicted octanol–water partition coefficient (Wildman–Crippen LogP) is 3.03. The van der Waals surface area contributed by atoms with E-state index in [9.17, 15) is 4.79 Å². The fourth-order valence-electron chi connectivity index (χ4n) is 4.57. The molecule has 2 aliphatic rings. The van der Waals surface area contributed by atoms with Crippen molar-refractivity contribution in [2.24, 2.45) is 0 Å². The molecule has 0 bridgehead atoms. The van der Waals surface area contributed by atoms with Gasteiger partial charge < -0.3 is 24.1 Å². The van der Waals surface area contributed by atoms with Crippen LogP contribution in [-0.2, 0) is 9.53 Å². The second kappa shape index (κ2) is 8.08. The summed E-state index contributed by atoms with van der Waals surface area (Å²) in [5.74, 6) is 1.24. The van der Waals surface area contributed by atoms with Gasteiger partial charge in [-0.2, -0.15) is 0 Å². The smallest absolute Gasteiger partial charge is 0.231 e. The summed E-state index contributed by atoms with van der Waals surface area (Å²) in [6.45, 7) is 4.90. The minimum absolute atomic E-state index is 0.0222. The molecule has 33 heavy (non-hydrogen) atoms. The number of morpholine rings is 1. The van der Waals surface area contributed by atoms with Gasteiger partial charge in [0.1, 0.15) is 17.9 Å². The molecular formula is C24H25N5O4. The van der Waals surface area contributed by atoms with Crippen LogP contribution < -0.4 is 15.0 Å². The number of aromatic nitrogens is 3. The number of amides is 1. The molecule has 2 atom stereocenters. The first-order chi connectivity index (χ1) is 16.1. The average molecular weight is 447 g/mol. The number of hydrogen-bond acceptors (Lipinski definition) is 7. The highest BCUT2D eigenvalue weighted by molar-refractivity contribution is 5.94. The first kappa shape index (κ1) is 20.0. The van der Waals surface area contributed by atoms with Gasteiger partial charge in [-0.25, -0.2) is 9.50 Å². The molecule has 4 aromatic rings. The third kappa shape index (κ3) is 3.78. The number of carbonyl (C=O) groups excluding carboxylic acids is 1. The third-order valence-corrected chi connectivity index (χ3v) is 6.23. The Morgan fingerprint density at radius 3 is 3.06 bits per heavy atom. The number of ether oxygens (including phenoxy) is 2. The molecule has 2 aliphatic heterocycles. The third-order valence-electron chi connectivity index (χ3n) is 6.23. The molecule has 2 fully saturated rings. The molecule has 6 rings (SSSR count). The van der Waals surface area contributed by atoms with Gasteiger partial charge in [0, 0.05) is 36.7 Å². The number of carbonyl (C=O) groups is 1. The molecule has 0 aliphatic carbocycles. The van der Waals surface area contributed by atoms with Gasteiger partial charge in [-0.05, 0) is 37.6 Å². The lowest BCUT2D eigenvalue weighted by Gasteiger charge is -2.33. The number of imidazole rings is 1. The Bertz CT molecular complexity index is 1330. The maximum absolute atomic E-state index is 11.4. The quantitative estimate of drug-likeness (QED) is 0.503.